The first-order valence-corrected chi connectivity index (χ1v) is 22.4. The summed E-state index contributed by atoms with van der Waals surface area (Å²) < 4.78 is 2.35. The van der Waals surface area contributed by atoms with Crippen molar-refractivity contribution in [3.8, 4) is 0 Å². The molecule has 1 aromatic carbocycles. The van der Waals surface area contributed by atoms with Gasteiger partial charge in [0.15, 0.2) is 5.78 Å². The van der Waals surface area contributed by atoms with E-state index in [0.717, 1.165) is 127 Å². The quantitative estimate of drug-likeness (QED) is 0.0721. The van der Waals surface area contributed by atoms with Crippen molar-refractivity contribution in [1.29, 1.82) is 0 Å². The third kappa shape index (κ3) is 12.5. The zero-order valence-electron chi connectivity index (χ0n) is 36.3. The van der Waals surface area contributed by atoms with Gasteiger partial charge in [0.25, 0.3) is 0 Å². The highest BCUT2D eigenvalue weighted by Crippen LogP contribution is 2.42. The molecule has 0 saturated carbocycles. The summed E-state index contributed by atoms with van der Waals surface area (Å²) in [6.07, 6.45) is 21.1. The summed E-state index contributed by atoms with van der Waals surface area (Å²) in [5, 5.41) is 20.7. The molecule has 0 bridgehead atoms. The Morgan fingerprint density at radius 3 is 1.73 bits per heavy atom. The number of benzene rings is 1. The number of rotatable bonds is 26. The Balaban J connectivity index is 2.20. The number of Topliss-reactive ketones (excluding diaryl/α,β-unsaturated/α-hetero) is 1. The lowest BCUT2D eigenvalue weighted by Crippen LogP contribution is -2.36. The summed E-state index contributed by atoms with van der Waals surface area (Å²) in [5.74, 6) is -1.21. The molecule has 0 spiro atoms. The zero-order valence-corrected chi connectivity index (χ0v) is 36.3. The van der Waals surface area contributed by atoms with Crippen LogP contribution in [-0.4, -0.2) is 54.1 Å². The number of allylic oxidation sites excluding steroid dienone is 5. The molecule has 2 amide bonds. The van der Waals surface area contributed by atoms with Gasteiger partial charge in [0.05, 0.1) is 11.4 Å². The van der Waals surface area contributed by atoms with Gasteiger partial charge in [0, 0.05) is 77.9 Å². The molecule has 310 valence electrons. The average molecular weight is 771 g/mol. The van der Waals surface area contributed by atoms with Crippen LogP contribution in [0.25, 0.3) is 5.57 Å². The fraction of sp³-hybridized carbons (Fsp3) is 0.625. The molecule has 2 aliphatic rings. The summed E-state index contributed by atoms with van der Waals surface area (Å²) >= 11 is 0. The zero-order chi connectivity index (χ0) is 41.0. The molecule has 3 rings (SSSR count). The third-order valence-corrected chi connectivity index (χ3v) is 11.4. The van der Waals surface area contributed by atoms with E-state index in [1.54, 1.807) is 0 Å². The Morgan fingerprint density at radius 2 is 1.23 bits per heavy atom. The van der Waals surface area contributed by atoms with E-state index in [1.165, 1.54) is 0 Å². The number of anilines is 2. The average Bonchev–Trinajstić information content (AvgIpc) is 3.20. The normalized spacial score (nSPS) is 16.4. The summed E-state index contributed by atoms with van der Waals surface area (Å²) in [6, 6.07) is 5.79. The second-order valence-electron chi connectivity index (χ2n) is 15.7. The van der Waals surface area contributed by atoms with E-state index in [1.807, 2.05) is 50.3 Å². The number of carbonyl (C=O) groups excluding carboxylic acids is 3. The van der Waals surface area contributed by atoms with Gasteiger partial charge in [0.2, 0.25) is 17.5 Å². The maximum absolute atomic E-state index is 14.4. The SMILES string of the molecule is CCCCC(CC)C(=O)NC1=CC(=[N+](CCCC)CCCC)C=C/C1=C1/C(=O)C(c2ccc(N(CCCC)CCCC)cc2NC(=O)C(CC)CCCC)=C1[O-]. The van der Waals surface area contributed by atoms with Gasteiger partial charge < -0.3 is 20.6 Å². The largest absolute Gasteiger partial charge is 0.871 e. The minimum absolute atomic E-state index is 0.0816. The molecule has 0 fully saturated rings. The first-order valence-electron chi connectivity index (χ1n) is 22.4. The highest BCUT2D eigenvalue weighted by atomic mass is 16.3. The molecule has 0 aromatic heterocycles. The van der Waals surface area contributed by atoms with Gasteiger partial charge in [-0.15, -0.1) is 0 Å². The Morgan fingerprint density at radius 1 is 0.696 bits per heavy atom. The summed E-state index contributed by atoms with van der Waals surface area (Å²) in [6.45, 7) is 20.6. The fourth-order valence-electron chi connectivity index (χ4n) is 7.53. The van der Waals surface area contributed by atoms with Crippen LogP contribution in [0.2, 0.25) is 0 Å². The molecular formula is C48H74N4O4. The van der Waals surface area contributed by atoms with Crippen LogP contribution in [0, 0.1) is 11.8 Å². The van der Waals surface area contributed by atoms with Crippen molar-refractivity contribution in [2.45, 2.75) is 158 Å². The molecule has 56 heavy (non-hydrogen) atoms. The summed E-state index contributed by atoms with van der Waals surface area (Å²) in [4.78, 5) is 44.2. The monoisotopic (exact) mass is 771 g/mol. The Labute approximate surface area is 339 Å². The number of hydrogen-bond acceptors (Lipinski definition) is 5. The molecule has 8 heteroatoms. The van der Waals surface area contributed by atoms with Crippen molar-refractivity contribution >= 4 is 40.3 Å². The molecule has 0 saturated heterocycles. The van der Waals surface area contributed by atoms with Gasteiger partial charge in [-0.2, -0.15) is 0 Å². The first kappa shape index (κ1) is 46.4. The van der Waals surface area contributed by atoms with Crippen LogP contribution < -0.4 is 20.6 Å². The highest BCUT2D eigenvalue weighted by Gasteiger charge is 2.35. The van der Waals surface area contributed by atoms with Gasteiger partial charge in [0.1, 0.15) is 13.1 Å². The third-order valence-electron chi connectivity index (χ3n) is 11.4. The number of unbranched alkanes of at least 4 members (excludes halogenated alkanes) is 6. The van der Waals surface area contributed by atoms with Crippen molar-refractivity contribution in [3.63, 3.8) is 0 Å². The molecule has 2 atom stereocenters. The van der Waals surface area contributed by atoms with E-state index in [2.05, 4.69) is 61.7 Å². The van der Waals surface area contributed by atoms with Gasteiger partial charge in [-0.25, -0.2) is 4.58 Å². The van der Waals surface area contributed by atoms with Gasteiger partial charge in [-0.3, -0.25) is 14.4 Å². The van der Waals surface area contributed by atoms with Crippen LogP contribution >= 0.6 is 0 Å². The molecule has 8 nitrogen and oxygen atoms in total. The minimum atomic E-state index is -0.361. The van der Waals surface area contributed by atoms with Crippen LogP contribution in [0.1, 0.15) is 164 Å². The van der Waals surface area contributed by atoms with E-state index in [9.17, 15) is 19.5 Å². The lowest BCUT2D eigenvalue weighted by molar-refractivity contribution is -0.527. The molecular weight excluding hydrogens is 697 g/mol. The molecule has 0 aliphatic heterocycles. The van der Waals surface area contributed by atoms with Crippen LogP contribution in [0.4, 0.5) is 11.4 Å². The summed E-state index contributed by atoms with van der Waals surface area (Å²) in [7, 11) is 0. The molecule has 2 aliphatic carbocycles. The lowest BCUT2D eigenvalue weighted by atomic mass is 9.78. The molecule has 2 unspecified atom stereocenters. The van der Waals surface area contributed by atoms with Crippen LogP contribution in [0.15, 0.2) is 59.0 Å². The van der Waals surface area contributed by atoms with E-state index >= 15 is 0 Å². The van der Waals surface area contributed by atoms with Gasteiger partial charge in [-0.05, 0) is 56.7 Å². The molecule has 1 aromatic rings. The van der Waals surface area contributed by atoms with E-state index in [4.69, 9.17) is 0 Å². The lowest BCUT2D eigenvalue weighted by Gasteiger charge is -2.35. The smallest absolute Gasteiger partial charge is 0.227 e. The predicted molar refractivity (Wildman–Crippen MR) is 233 cm³/mol. The van der Waals surface area contributed by atoms with Crippen molar-refractivity contribution < 1.29 is 24.1 Å². The maximum Gasteiger partial charge on any atom is 0.227 e. The number of nitrogens with one attached hydrogen (secondary N) is 2. The Hall–Kier alpha value is -3.94. The Kier molecular flexibility index (Phi) is 20.4. The molecule has 0 radical (unpaired) electrons. The van der Waals surface area contributed by atoms with Crippen LogP contribution in [0.3, 0.4) is 0 Å². The van der Waals surface area contributed by atoms with E-state index in [0.29, 0.717) is 35.4 Å². The highest BCUT2D eigenvalue weighted by molar-refractivity contribution is 6.40. The predicted octanol–water partition coefficient (Wildman–Crippen LogP) is 10.0. The number of carbonyl (C=O) groups is 3. The number of ketones is 1. The Bertz CT molecular complexity index is 1610. The van der Waals surface area contributed by atoms with Crippen molar-refractivity contribution in [1.82, 2.24) is 5.32 Å². The molecule has 2 N–H and O–H groups in total. The fourth-order valence-corrected chi connectivity index (χ4v) is 7.53. The van der Waals surface area contributed by atoms with Gasteiger partial charge >= 0.3 is 0 Å². The number of hydrogen-bond donors (Lipinski definition) is 2. The van der Waals surface area contributed by atoms with E-state index in [-0.39, 0.29) is 46.3 Å². The second-order valence-corrected chi connectivity index (χ2v) is 15.7. The minimum Gasteiger partial charge on any atom is -0.871 e. The van der Waals surface area contributed by atoms with Crippen molar-refractivity contribution in [3.05, 3.63) is 64.6 Å². The van der Waals surface area contributed by atoms with Gasteiger partial charge in [-0.1, -0.05) is 119 Å². The van der Waals surface area contributed by atoms with E-state index < -0.39 is 0 Å². The standard InChI is InChI=1S/C48H74N4O4/c1-9-17-23-35(15-7)47(55)49-41-33-37(51(29-19-11-3)30-20-12-4)25-27-39(41)43-45(53)44(46(43)54)40-28-26-38(52(31-21-13-5)32-22-14-6)34-42(40)50-48(56)36(16-8)24-18-10-2/h25-28,33-36H,9-24,29-32H2,1-8H3,(H2,49,50,53,54,55,56). The van der Waals surface area contributed by atoms with Crippen LogP contribution in [-0.2, 0) is 14.4 Å². The summed E-state index contributed by atoms with van der Waals surface area (Å²) in [5.41, 5.74) is 4.03. The first-order chi connectivity index (χ1) is 27.1. The molecule has 0 heterocycles. The van der Waals surface area contributed by atoms with Crippen molar-refractivity contribution in [2.75, 3.05) is 36.4 Å². The maximum atomic E-state index is 14.4. The topological polar surface area (TPSA) is 105 Å². The number of nitrogens with zero attached hydrogens (tertiary/aromatic N) is 2. The van der Waals surface area contributed by atoms with Crippen molar-refractivity contribution in [2.24, 2.45) is 11.8 Å². The second kappa shape index (κ2) is 24.6. The number of amides is 2. The van der Waals surface area contributed by atoms with Crippen LogP contribution in [0.5, 0.6) is 0 Å².